The third kappa shape index (κ3) is 2.57. The number of likely N-dealkylation sites (N-methyl/N-ethyl adjacent to an activating group) is 1. The maximum Gasteiger partial charge on any atom is 0.231 e. The average Bonchev–Trinajstić information content (AvgIpc) is 3.28. The molecular formula is C20H21NO5. The molecule has 0 saturated heterocycles. The molecule has 1 N–H and O–H groups in total. The average molecular weight is 355 g/mol. The van der Waals surface area contributed by atoms with Crippen LogP contribution in [0, 0.1) is 0 Å². The van der Waals surface area contributed by atoms with Gasteiger partial charge in [-0.25, -0.2) is 0 Å². The van der Waals surface area contributed by atoms with Gasteiger partial charge in [-0.05, 0) is 48.4 Å². The zero-order valence-corrected chi connectivity index (χ0v) is 14.7. The van der Waals surface area contributed by atoms with E-state index in [0.717, 1.165) is 59.0 Å². The predicted molar refractivity (Wildman–Crippen MR) is 93.8 cm³/mol. The molecule has 3 aliphatic rings. The van der Waals surface area contributed by atoms with Crippen LogP contribution >= 0.6 is 0 Å². The fourth-order valence-electron chi connectivity index (χ4n) is 3.94. The van der Waals surface area contributed by atoms with E-state index in [4.69, 9.17) is 18.9 Å². The Balaban J connectivity index is 1.59. The summed E-state index contributed by atoms with van der Waals surface area (Å²) in [6.45, 7) is 2.11. The number of nitrogens with zero attached hydrogens (tertiary/aromatic N) is 1. The minimum Gasteiger partial charge on any atom is -0.454 e. The number of ether oxygens (including phenoxy) is 4. The zero-order chi connectivity index (χ0) is 17.7. The van der Waals surface area contributed by atoms with Crippen LogP contribution in [0.4, 0.5) is 0 Å². The van der Waals surface area contributed by atoms with E-state index < -0.39 is 6.10 Å². The Morgan fingerprint density at radius 2 is 1.73 bits per heavy atom. The monoisotopic (exact) mass is 355 g/mol. The molecule has 3 aliphatic heterocycles. The zero-order valence-electron chi connectivity index (χ0n) is 14.7. The van der Waals surface area contributed by atoms with Crippen LogP contribution in [-0.4, -0.2) is 37.2 Å². The smallest absolute Gasteiger partial charge is 0.231 e. The Morgan fingerprint density at radius 1 is 0.962 bits per heavy atom. The second-order valence-corrected chi connectivity index (χ2v) is 7.05. The van der Waals surface area contributed by atoms with Crippen molar-refractivity contribution in [1.82, 2.24) is 4.90 Å². The van der Waals surface area contributed by atoms with Crippen molar-refractivity contribution in [3.05, 3.63) is 46.5 Å². The highest BCUT2D eigenvalue weighted by Crippen LogP contribution is 2.42. The summed E-state index contributed by atoms with van der Waals surface area (Å²) in [4.78, 5) is 2.27. The van der Waals surface area contributed by atoms with Gasteiger partial charge in [0.05, 0.1) is 6.10 Å². The molecule has 0 fully saturated rings. The summed E-state index contributed by atoms with van der Waals surface area (Å²) < 4.78 is 22.3. The first-order valence-electron chi connectivity index (χ1n) is 8.88. The Hall–Kier alpha value is -2.44. The third-order valence-electron chi connectivity index (χ3n) is 5.34. The van der Waals surface area contributed by atoms with Gasteiger partial charge in [0, 0.05) is 25.1 Å². The first-order valence-corrected chi connectivity index (χ1v) is 8.88. The number of fused-ring (bicyclic) bond motifs is 5. The minimum atomic E-state index is -0.609. The van der Waals surface area contributed by atoms with Gasteiger partial charge in [0.25, 0.3) is 0 Å². The Morgan fingerprint density at radius 3 is 2.62 bits per heavy atom. The van der Waals surface area contributed by atoms with E-state index in [1.165, 1.54) is 0 Å². The van der Waals surface area contributed by atoms with Gasteiger partial charge in [-0.15, -0.1) is 0 Å². The molecule has 0 aliphatic carbocycles. The summed E-state index contributed by atoms with van der Waals surface area (Å²) >= 11 is 0. The quantitative estimate of drug-likeness (QED) is 0.783. The number of hydrogen-bond donors (Lipinski definition) is 1. The number of aliphatic hydroxyl groups is 1. The van der Waals surface area contributed by atoms with Crippen molar-refractivity contribution in [3.8, 4) is 23.0 Å². The molecule has 1 atom stereocenters. The van der Waals surface area contributed by atoms with Gasteiger partial charge in [0.15, 0.2) is 23.0 Å². The molecule has 6 heteroatoms. The maximum atomic E-state index is 11.0. The van der Waals surface area contributed by atoms with Gasteiger partial charge < -0.3 is 29.0 Å². The molecule has 26 heavy (non-hydrogen) atoms. The lowest BCUT2D eigenvalue weighted by molar-refractivity contribution is 0.169. The lowest BCUT2D eigenvalue weighted by atomic mass is 9.91. The Labute approximate surface area is 151 Å². The van der Waals surface area contributed by atoms with Crippen molar-refractivity contribution in [1.29, 1.82) is 0 Å². The molecule has 0 aromatic heterocycles. The molecular weight excluding hydrogens is 334 g/mol. The van der Waals surface area contributed by atoms with Crippen LogP contribution in [0.25, 0.3) is 0 Å². The maximum absolute atomic E-state index is 11.0. The minimum absolute atomic E-state index is 0.237. The lowest BCUT2D eigenvalue weighted by Gasteiger charge is -2.25. The van der Waals surface area contributed by atoms with Crippen LogP contribution in [-0.2, 0) is 19.4 Å². The van der Waals surface area contributed by atoms with E-state index in [1.807, 2.05) is 24.3 Å². The summed E-state index contributed by atoms with van der Waals surface area (Å²) in [6, 6.07) is 7.90. The molecule has 3 heterocycles. The predicted octanol–water partition coefficient (Wildman–Crippen LogP) is 2.41. The molecule has 0 bridgehead atoms. The standard InChI is InChI=1S/C20H21NO5/c1-21-5-4-13-7-18-19(25-10-24-18)8-14(13)16(22)6-12-2-3-17-20(15(12)9-21)26-11-23-17/h2-3,7-8,16,22H,4-6,9-11H2,1H3. The number of aliphatic hydroxyl groups excluding tert-OH is 1. The molecule has 0 saturated carbocycles. The first kappa shape index (κ1) is 15.8. The van der Waals surface area contributed by atoms with E-state index in [9.17, 15) is 5.11 Å². The van der Waals surface area contributed by atoms with E-state index in [0.29, 0.717) is 12.2 Å². The van der Waals surface area contributed by atoms with Crippen molar-refractivity contribution < 1.29 is 24.1 Å². The fourth-order valence-corrected chi connectivity index (χ4v) is 3.94. The van der Waals surface area contributed by atoms with Crippen molar-refractivity contribution in [3.63, 3.8) is 0 Å². The van der Waals surface area contributed by atoms with Gasteiger partial charge in [-0.3, -0.25) is 0 Å². The Kier molecular flexibility index (Phi) is 3.69. The van der Waals surface area contributed by atoms with E-state index in [-0.39, 0.29) is 13.6 Å². The molecule has 0 radical (unpaired) electrons. The second kappa shape index (κ2) is 6.07. The molecule has 136 valence electrons. The summed E-state index contributed by atoms with van der Waals surface area (Å²) in [6.07, 6.45) is 0.746. The number of rotatable bonds is 0. The normalized spacial score (nSPS) is 21.2. The van der Waals surface area contributed by atoms with Crippen LogP contribution in [0.3, 0.4) is 0 Å². The summed E-state index contributed by atoms with van der Waals surface area (Å²) in [7, 11) is 2.10. The van der Waals surface area contributed by atoms with Crippen LogP contribution < -0.4 is 18.9 Å². The highest BCUT2D eigenvalue weighted by atomic mass is 16.7. The largest absolute Gasteiger partial charge is 0.454 e. The SMILES string of the molecule is CN1CCc2cc3c(cc2C(O)Cc2ccc4c(c2C1)OCO4)OCO3. The molecule has 2 aromatic carbocycles. The second-order valence-electron chi connectivity index (χ2n) is 7.05. The van der Waals surface area contributed by atoms with Gasteiger partial charge in [-0.1, -0.05) is 6.07 Å². The fraction of sp³-hybridized carbons (Fsp3) is 0.400. The van der Waals surface area contributed by atoms with E-state index >= 15 is 0 Å². The molecule has 2 aromatic rings. The number of benzene rings is 2. The van der Waals surface area contributed by atoms with Crippen molar-refractivity contribution in [2.45, 2.75) is 25.5 Å². The Bertz CT molecular complexity index is 866. The van der Waals surface area contributed by atoms with Crippen LogP contribution in [0.5, 0.6) is 23.0 Å². The molecule has 0 amide bonds. The van der Waals surface area contributed by atoms with Crippen molar-refractivity contribution in [2.75, 3.05) is 27.2 Å². The van der Waals surface area contributed by atoms with Crippen LogP contribution in [0.1, 0.15) is 28.4 Å². The number of hydrogen-bond acceptors (Lipinski definition) is 6. The van der Waals surface area contributed by atoms with Crippen molar-refractivity contribution in [2.24, 2.45) is 0 Å². The lowest BCUT2D eigenvalue weighted by Crippen LogP contribution is -2.24. The summed E-state index contributed by atoms with van der Waals surface area (Å²) in [5, 5.41) is 11.0. The van der Waals surface area contributed by atoms with Crippen molar-refractivity contribution >= 4 is 0 Å². The topological polar surface area (TPSA) is 60.4 Å². The molecule has 5 rings (SSSR count). The molecule has 6 nitrogen and oxygen atoms in total. The summed E-state index contributed by atoms with van der Waals surface area (Å²) in [5.41, 5.74) is 4.20. The highest BCUT2D eigenvalue weighted by Gasteiger charge is 2.27. The van der Waals surface area contributed by atoms with Crippen LogP contribution in [0.15, 0.2) is 24.3 Å². The first-order chi connectivity index (χ1) is 12.7. The van der Waals surface area contributed by atoms with Gasteiger partial charge in [0.1, 0.15) is 0 Å². The molecule has 1 unspecified atom stereocenters. The van der Waals surface area contributed by atoms with Gasteiger partial charge in [-0.2, -0.15) is 0 Å². The third-order valence-corrected chi connectivity index (χ3v) is 5.34. The van der Waals surface area contributed by atoms with Gasteiger partial charge >= 0.3 is 0 Å². The molecule has 0 spiro atoms. The van der Waals surface area contributed by atoms with Gasteiger partial charge in [0.2, 0.25) is 13.6 Å². The van der Waals surface area contributed by atoms with E-state index in [2.05, 4.69) is 11.9 Å². The van der Waals surface area contributed by atoms with Crippen LogP contribution in [0.2, 0.25) is 0 Å². The summed E-state index contributed by atoms with van der Waals surface area (Å²) in [5.74, 6) is 3.07. The highest BCUT2D eigenvalue weighted by molar-refractivity contribution is 5.54. The van der Waals surface area contributed by atoms with E-state index in [1.54, 1.807) is 0 Å².